The van der Waals surface area contributed by atoms with Gasteiger partial charge < -0.3 is 14.5 Å². The molecule has 0 aromatic carbocycles. The second-order valence-corrected chi connectivity index (χ2v) is 6.70. The van der Waals surface area contributed by atoms with Crippen molar-refractivity contribution in [3.05, 3.63) is 29.2 Å². The van der Waals surface area contributed by atoms with Gasteiger partial charge in [0.25, 0.3) is 5.82 Å². The predicted octanol–water partition coefficient (Wildman–Crippen LogP) is 1.89. The van der Waals surface area contributed by atoms with Crippen molar-refractivity contribution < 1.29 is 17.9 Å². The van der Waals surface area contributed by atoms with Gasteiger partial charge in [-0.1, -0.05) is 0 Å². The third-order valence-electron chi connectivity index (χ3n) is 5.01. The minimum atomic E-state index is -4.63. The van der Waals surface area contributed by atoms with Crippen LogP contribution in [-0.4, -0.2) is 63.1 Å². The van der Waals surface area contributed by atoms with E-state index >= 15 is 0 Å². The molecule has 4 rings (SSSR count). The zero-order valence-electron chi connectivity index (χ0n) is 16.1. The highest BCUT2D eigenvalue weighted by atomic mass is 19.4. The summed E-state index contributed by atoms with van der Waals surface area (Å²) in [7, 11) is 1.54. The van der Waals surface area contributed by atoms with Crippen molar-refractivity contribution in [3.8, 4) is 5.88 Å². The zero-order chi connectivity index (χ0) is 20.8. The first-order valence-electron chi connectivity index (χ1n) is 8.96. The summed E-state index contributed by atoms with van der Waals surface area (Å²) in [5.74, 6) is 0.397. The lowest BCUT2D eigenvalue weighted by Crippen LogP contribution is -2.47. The number of fused-ring (bicyclic) bond motifs is 1. The van der Waals surface area contributed by atoms with Crippen molar-refractivity contribution in [2.45, 2.75) is 20.0 Å². The number of anilines is 2. The van der Waals surface area contributed by atoms with Gasteiger partial charge in [-0.2, -0.15) is 22.7 Å². The van der Waals surface area contributed by atoms with Crippen molar-refractivity contribution in [1.29, 1.82) is 0 Å². The Kier molecular flexibility index (Phi) is 4.63. The molecule has 29 heavy (non-hydrogen) atoms. The van der Waals surface area contributed by atoms with E-state index in [1.54, 1.807) is 19.2 Å². The SMILES string of the molecule is COc1ccnc(N2CCN(c3nn4c(C(F)(F)F)nnc4c(C)c3C)CC2)n1. The van der Waals surface area contributed by atoms with Gasteiger partial charge in [0, 0.05) is 49.6 Å². The fourth-order valence-corrected chi connectivity index (χ4v) is 3.31. The number of rotatable bonds is 3. The molecular formula is C17H19F3N8O. The minimum Gasteiger partial charge on any atom is -0.481 e. The summed E-state index contributed by atoms with van der Waals surface area (Å²) in [5, 5.41) is 11.2. The quantitative estimate of drug-likeness (QED) is 0.650. The zero-order valence-corrected chi connectivity index (χ0v) is 16.1. The summed E-state index contributed by atoms with van der Waals surface area (Å²) >= 11 is 0. The van der Waals surface area contributed by atoms with Gasteiger partial charge in [0.1, 0.15) is 0 Å². The highest BCUT2D eigenvalue weighted by Crippen LogP contribution is 2.31. The summed E-state index contributed by atoms with van der Waals surface area (Å²) in [6.45, 7) is 5.87. The Balaban J connectivity index is 1.62. The summed E-state index contributed by atoms with van der Waals surface area (Å²) < 4.78 is 45.7. The van der Waals surface area contributed by atoms with Gasteiger partial charge in [-0.25, -0.2) is 4.98 Å². The van der Waals surface area contributed by atoms with Crippen LogP contribution in [0.1, 0.15) is 17.0 Å². The van der Waals surface area contributed by atoms with E-state index < -0.39 is 12.0 Å². The van der Waals surface area contributed by atoms with Crippen LogP contribution in [0.3, 0.4) is 0 Å². The van der Waals surface area contributed by atoms with Gasteiger partial charge in [-0.3, -0.25) is 0 Å². The van der Waals surface area contributed by atoms with Gasteiger partial charge in [0.05, 0.1) is 7.11 Å². The van der Waals surface area contributed by atoms with Crippen LogP contribution >= 0.6 is 0 Å². The van der Waals surface area contributed by atoms with Crippen LogP contribution in [0, 0.1) is 13.8 Å². The van der Waals surface area contributed by atoms with E-state index in [1.807, 2.05) is 16.7 Å². The molecule has 12 heteroatoms. The maximum Gasteiger partial charge on any atom is 0.453 e. The molecule has 0 saturated carbocycles. The normalized spacial score (nSPS) is 15.2. The largest absolute Gasteiger partial charge is 0.481 e. The van der Waals surface area contributed by atoms with Gasteiger partial charge in [0.15, 0.2) is 11.5 Å². The molecule has 0 aliphatic carbocycles. The van der Waals surface area contributed by atoms with Crippen LogP contribution in [0.15, 0.2) is 12.3 Å². The number of piperazine rings is 1. The molecule has 4 heterocycles. The summed E-state index contributed by atoms with van der Waals surface area (Å²) in [6.07, 6.45) is -3.00. The fourth-order valence-electron chi connectivity index (χ4n) is 3.31. The van der Waals surface area contributed by atoms with Crippen LogP contribution in [0.2, 0.25) is 0 Å². The molecule has 1 aliphatic rings. The van der Waals surface area contributed by atoms with E-state index in [1.165, 1.54) is 7.11 Å². The predicted molar refractivity (Wildman–Crippen MR) is 98.3 cm³/mol. The number of alkyl halides is 3. The third kappa shape index (κ3) is 3.38. The topological polar surface area (TPSA) is 84.6 Å². The van der Waals surface area contributed by atoms with E-state index in [-0.39, 0.29) is 5.65 Å². The summed E-state index contributed by atoms with van der Waals surface area (Å²) in [4.78, 5) is 12.6. The number of nitrogens with zero attached hydrogens (tertiary/aromatic N) is 8. The van der Waals surface area contributed by atoms with Crippen LogP contribution in [-0.2, 0) is 6.18 Å². The molecule has 1 aliphatic heterocycles. The molecule has 0 N–H and O–H groups in total. The van der Waals surface area contributed by atoms with Gasteiger partial charge in [-0.05, 0) is 13.8 Å². The first-order chi connectivity index (χ1) is 13.8. The van der Waals surface area contributed by atoms with Crippen molar-refractivity contribution in [2.75, 3.05) is 43.1 Å². The molecule has 0 spiro atoms. The number of ether oxygens (including phenoxy) is 1. The van der Waals surface area contributed by atoms with E-state index in [0.717, 1.165) is 10.1 Å². The van der Waals surface area contributed by atoms with Crippen LogP contribution < -0.4 is 14.5 Å². The molecule has 9 nitrogen and oxygen atoms in total. The van der Waals surface area contributed by atoms with Gasteiger partial charge in [-0.15, -0.1) is 15.3 Å². The van der Waals surface area contributed by atoms with E-state index in [4.69, 9.17) is 4.74 Å². The number of aryl methyl sites for hydroxylation is 1. The van der Waals surface area contributed by atoms with Crippen molar-refractivity contribution in [1.82, 2.24) is 29.8 Å². The van der Waals surface area contributed by atoms with Gasteiger partial charge >= 0.3 is 6.18 Å². The molecule has 154 valence electrons. The second-order valence-electron chi connectivity index (χ2n) is 6.70. The molecule has 0 radical (unpaired) electrons. The monoisotopic (exact) mass is 408 g/mol. The fraction of sp³-hybridized carbons (Fsp3) is 0.471. The van der Waals surface area contributed by atoms with Gasteiger partial charge in [0.2, 0.25) is 11.8 Å². The van der Waals surface area contributed by atoms with E-state index in [2.05, 4.69) is 25.3 Å². The molecule has 0 bridgehead atoms. The molecule has 0 amide bonds. The highest BCUT2D eigenvalue weighted by Gasteiger charge is 2.38. The second kappa shape index (κ2) is 7.01. The van der Waals surface area contributed by atoms with Crippen molar-refractivity contribution in [2.24, 2.45) is 0 Å². The Morgan fingerprint density at radius 1 is 1.00 bits per heavy atom. The Morgan fingerprint density at radius 3 is 2.34 bits per heavy atom. The Bertz CT molecular complexity index is 1040. The first kappa shape index (κ1) is 19.2. The Morgan fingerprint density at radius 2 is 1.69 bits per heavy atom. The van der Waals surface area contributed by atoms with Crippen molar-refractivity contribution in [3.63, 3.8) is 0 Å². The molecule has 0 unspecified atom stereocenters. The molecule has 3 aromatic heterocycles. The lowest BCUT2D eigenvalue weighted by atomic mass is 10.1. The minimum absolute atomic E-state index is 0.113. The summed E-state index contributed by atoms with van der Waals surface area (Å²) in [5.41, 5.74) is 1.52. The lowest BCUT2D eigenvalue weighted by molar-refractivity contribution is -0.146. The average Bonchev–Trinajstić information content (AvgIpc) is 3.15. The van der Waals surface area contributed by atoms with Crippen LogP contribution in [0.4, 0.5) is 24.9 Å². The number of hydrogen-bond acceptors (Lipinski definition) is 8. The number of halogens is 3. The lowest BCUT2D eigenvalue weighted by Gasteiger charge is -2.36. The Labute approximate surface area is 164 Å². The number of hydrogen-bond donors (Lipinski definition) is 0. The third-order valence-corrected chi connectivity index (χ3v) is 5.01. The van der Waals surface area contributed by atoms with Crippen LogP contribution in [0.25, 0.3) is 5.65 Å². The highest BCUT2D eigenvalue weighted by molar-refractivity contribution is 5.60. The standard InChI is InChI=1S/C17H19F3N8O/c1-10-11(2)14(25-28-13(10)23-24-15(28)17(18,19)20)26-6-8-27(9-7-26)16-21-5-4-12(22-16)29-3/h4-5H,6-9H2,1-3H3. The van der Waals surface area contributed by atoms with Crippen LogP contribution in [0.5, 0.6) is 5.88 Å². The average molecular weight is 408 g/mol. The Hall–Kier alpha value is -3.18. The molecule has 3 aromatic rings. The molecular weight excluding hydrogens is 389 g/mol. The smallest absolute Gasteiger partial charge is 0.453 e. The van der Waals surface area contributed by atoms with Crippen molar-refractivity contribution >= 4 is 17.4 Å². The number of methoxy groups -OCH3 is 1. The molecule has 1 fully saturated rings. The molecule has 0 atom stereocenters. The summed E-state index contributed by atoms with van der Waals surface area (Å²) in [6, 6.07) is 1.67. The first-order valence-corrected chi connectivity index (χ1v) is 8.96. The maximum atomic E-state index is 13.3. The number of aromatic nitrogens is 6. The van der Waals surface area contributed by atoms with E-state index in [9.17, 15) is 13.2 Å². The molecule has 1 saturated heterocycles. The van der Waals surface area contributed by atoms with E-state index in [0.29, 0.717) is 49.4 Å². The maximum absolute atomic E-state index is 13.3.